The maximum Gasteiger partial charge on any atom is 0.303 e. The van der Waals surface area contributed by atoms with Crippen molar-refractivity contribution < 1.29 is 33.4 Å². The molecular formula is C30H41FN2O6. The number of carbonyl (C=O) groups is 3. The largest absolute Gasteiger partial charge is 0.496 e. The molecule has 0 aliphatic heterocycles. The molecule has 4 atom stereocenters. The first-order valence-electron chi connectivity index (χ1n) is 14.5. The third kappa shape index (κ3) is 6.02. The van der Waals surface area contributed by atoms with Crippen LogP contribution in [0.2, 0.25) is 0 Å². The topological polar surface area (TPSA) is 114 Å². The van der Waals surface area contributed by atoms with Gasteiger partial charge in [-0.05, 0) is 87.0 Å². The predicted molar refractivity (Wildman–Crippen MR) is 142 cm³/mol. The summed E-state index contributed by atoms with van der Waals surface area (Å²) in [6, 6.07) is 2.30. The minimum Gasteiger partial charge on any atom is -0.496 e. The monoisotopic (exact) mass is 544 g/mol. The van der Waals surface area contributed by atoms with Crippen LogP contribution in [0.3, 0.4) is 0 Å². The van der Waals surface area contributed by atoms with Crippen LogP contribution in [0, 0.1) is 34.9 Å². The number of hydrogen-bond donors (Lipinski definition) is 3. The molecule has 3 N–H and O–H groups in total. The molecule has 0 heterocycles. The highest BCUT2D eigenvalue weighted by molar-refractivity contribution is 5.98. The van der Waals surface area contributed by atoms with Crippen LogP contribution in [-0.4, -0.2) is 48.7 Å². The van der Waals surface area contributed by atoms with Gasteiger partial charge in [-0.15, -0.1) is 0 Å². The van der Waals surface area contributed by atoms with Crippen molar-refractivity contribution in [3.8, 4) is 11.5 Å². The summed E-state index contributed by atoms with van der Waals surface area (Å²) >= 11 is 0. The fraction of sp³-hybridized carbons (Fsp3) is 0.700. The number of aliphatic carboxylic acids is 1. The zero-order valence-corrected chi connectivity index (χ0v) is 23.0. The maximum atomic E-state index is 14.9. The number of carboxylic acid groups (broad SMARTS) is 1. The first-order valence-corrected chi connectivity index (χ1v) is 14.5. The maximum absolute atomic E-state index is 14.9. The van der Waals surface area contributed by atoms with E-state index in [-0.39, 0.29) is 70.6 Å². The number of fused-ring (bicyclic) bond motifs is 2. The molecule has 39 heavy (non-hydrogen) atoms. The third-order valence-corrected chi connectivity index (χ3v) is 9.82. The zero-order valence-electron chi connectivity index (χ0n) is 23.0. The van der Waals surface area contributed by atoms with E-state index in [0.29, 0.717) is 32.2 Å². The fourth-order valence-corrected chi connectivity index (χ4v) is 7.33. The molecule has 4 saturated carbocycles. The molecular weight excluding hydrogens is 503 g/mol. The van der Waals surface area contributed by atoms with Crippen LogP contribution >= 0.6 is 0 Å². The number of nitrogens with one attached hydrogen (secondary N) is 2. The molecule has 214 valence electrons. The molecule has 8 nitrogen and oxygen atoms in total. The van der Waals surface area contributed by atoms with Crippen molar-refractivity contribution in [2.45, 2.75) is 89.7 Å². The van der Waals surface area contributed by atoms with Gasteiger partial charge in [0, 0.05) is 25.1 Å². The van der Waals surface area contributed by atoms with E-state index in [1.54, 1.807) is 0 Å². The van der Waals surface area contributed by atoms with Crippen LogP contribution in [0.15, 0.2) is 12.1 Å². The summed E-state index contributed by atoms with van der Waals surface area (Å²) in [4.78, 5) is 37.8. The summed E-state index contributed by atoms with van der Waals surface area (Å²) in [6.45, 7) is 2.88. The number of benzene rings is 1. The number of amides is 2. The van der Waals surface area contributed by atoms with E-state index in [2.05, 4.69) is 17.6 Å². The van der Waals surface area contributed by atoms with Gasteiger partial charge in [0.05, 0.1) is 24.7 Å². The molecule has 0 spiro atoms. The van der Waals surface area contributed by atoms with E-state index in [1.165, 1.54) is 25.7 Å². The number of carboxylic acids is 1. The predicted octanol–water partition coefficient (Wildman–Crippen LogP) is 4.70. The lowest BCUT2D eigenvalue weighted by Gasteiger charge is -2.39. The minimum absolute atomic E-state index is 0.0152. The van der Waals surface area contributed by atoms with Crippen LogP contribution in [0.4, 0.5) is 4.39 Å². The second-order valence-corrected chi connectivity index (χ2v) is 12.6. The highest BCUT2D eigenvalue weighted by Gasteiger charge is 2.51. The average Bonchev–Trinajstić information content (AvgIpc) is 3.50. The molecule has 5 rings (SSSR count). The Morgan fingerprint density at radius 1 is 1.05 bits per heavy atom. The van der Waals surface area contributed by atoms with Gasteiger partial charge >= 0.3 is 5.97 Å². The van der Waals surface area contributed by atoms with Gasteiger partial charge in [-0.25, -0.2) is 4.39 Å². The van der Waals surface area contributed by atoms with E-state index >= 15 is 0 Å². The van der Waals surface area contributed by atoms with Crippen molar-refractivity contribution in [3.63, 3.8) is 0 Å². The Labute approximate surface area is 229 Å². The molecule has 2 bridgehead atoms. The molecule has 1 aromatic rings. The standard InChI is InChI=1S/C30H41FN2O6/c1-30(10-3-11-30)16-32-29(37)26-18-6-7-19(13-18)27(26)33-28(36)21-14-24(22(31)15-23(21)38-2)39-20-8-4-17(5-9-20)12-25(34)35/h14-15,17-20,26-27H,3-13,16H2,1-2H3,(H,32,37)(H,33,36)(H,34,35). The molecule has 0 saturated heterocycles. The van der Waals surface area contributed by atoms with Gasteiger partial charge in [-0.2, -0.15) is 0 Å². The minimum atomic E-state index is -0.806. The molecule has 4 fully saturated rings. The van der Waals surface area contributed by atoms with Crippen molar-refractivity contribution >= 4 is 17.8 Å². The number of halogens is 1. The summed E-state index contributed by atoms with van der Waals surface area (Å²) < 4.78 is 26.2. The average molecular weight is 545 g/mol. The second-order valence-electron chi connectivity index (χ2n) is 12.6. The van der Waals surface area contributed by atoms with Crippen LogP contribution < -0.4 is 20.1 Å². The molecule has 0 radical (unpaired) electrons. The SMILES string of the molecule is COc1cc(F)c(OC2CCC(CC(=O)O)CC2)cc1C(=O)NC1C2CCC(C2)C1C(=O)NCC1(C)CCC1. The summed E-state index contributed by atoms with van der Waals surface area (Å²) in [6.07, 6.45) is 8.93. The highest BCUT2D eigenvalue weighted by atomic mass is 19.1. The first kappa shape index (κ1) is 27.7. The Bertz CT molecular complexity index is 1100. The summed E-state index contributed by atoms with van der Waals surface area (Å²) in [7, 11) is 1.39. The third-order valence-electron chi connectivity index (χ3n) is 9.82. The first-order chi connectivity index (χ1) is 18.7. The summed E-state index contributed by atoms with van der Waals surface area (Å²) in [5, 5.41) is 15.3. The second kappa shape index (κ2) is 11.3. The Morgan fingerprint density at radius 2 is 1.77 bits per heavy atom. The number of carbonyl (C=O) groups excluding carboxylic acids is 2. The molecule has 4 unspecified atom stereocenters. The lowest BCUT2D eigenvalue weighted by molar-refractivity contribution is -0.138. The zero-order chi connectivity index (χ0) is 27.7. The Morgan fingerprint density at radius 3 is 2.41 bits per heavy atom. The van der Waals surface area contributed by atoms with E-state index in [4.69, 9.17) is 14.6 Å². The van der Waals surface area contributed by atoms with E-state index < -0.39 is 17.7 Å². The van der Waals surface area contributed by atoms with E-state index in [9.17, 15) is 18.8 Å². The smallest absolute Gasteiger partial charge is 0.303 e. The molecule has 4 aliphatic carbocycles. The number of hydrogen-bond acceptors (Lipinski definition) is 5. The number of ether oxygens (including phenoxy) is 2. The molecule has 0 aromatic heterocycles. The molecule has 2 amide bonds. The van der Waals surface area contributed by atoms with Gasteiger partial charge in [0.2, 0.25) is 5.91 Å². The van der Waals surface area contributed by atoms with Crippen LogP contribution in [-0.2, 0) is 9.59 Å². The lowest BCUT2D eigenvalue weighted by atomic mass is 9.70. The Hall–Kier alpha value is -2.84. The van der Waals surface area contributed by atoms with Gasteiger partial charge in [-0.1, -0.05) is 13.3 Å². The van der Waals surface area contributed by atoms with Crippen molar-refractivity contribution in [3.05, 3.63) is 23.5 Å². The number of methoxy groups -OCH3 is 1. The van der Waals surface area contributed by atoms with Gasteiger partial charge in [0.15, 0.2) is 11.6 Å². The van der Waals surface area contributed by atoms with Gasteiger partial charge in [-0.3, -0.25) is 14.4 Å². The molecule has 9 heteroatoms. The number of rotatable bonds is 10. The van der Waals surface area contributed by atoms with Crippen LogP contribution in [0.1, 0.15) is 87.9 Å². The van der Waals surface area contributed by atoms with Crippen LogP contribution in [0.5, 0.6) is 11.5 Å². The van der Waals surface area contributed by atoms with Crippen molar-refractivity contribution in [2.75, 3.05) is 13.7 Å². The quantitative estimate of drug-likeness (QED) is 0.394. The normalized spacial score (nSPS) is 30.7. The Balaban J connectivity index is 1.26. The van der Waals surface area contributed by atoms with Gasteiger partial charge in [0.25, 0.3) is 5.91 Å². The molecule has 1 aromatic carbocycles. The van der Waals surface area contributed by atoms with Crippen LogP contribution in [0.25, 0.3) is 0 Å². The Kier molecular flexibility index (Phi) is 8.06. The van der Waals surface area contributed by atoms with Crippen molar-refractivity contribution in [2.24, 2.45) is 29.1 Å². The highest BCUT2D eigenvalue weighted by Crippen LogP contribution is 2.49. The fourth-order valence-electron chi connectivity index (χ4n) is 7.33. The summed E-state index contributed by atoms with van der Waals surface area (Å²) in [5.41, 5.74) is 0.358. The van der Waals surface area contributed by atoms with Crippen molar-refractivity contribution in [1.29, 1.82) is 0 Å². The van der Waals surface area contributed by atoms with E-state index in [0.717, 1.165) is 32.1 Å². The van der Waals surface area contributed by atoms with Gasteiger partial charge in [0.1, 0.15) is 5.75 Å². The molecule has 4 aliphatic rings. The van der Waals surface area contributed by atoms with Gasteiger partial charge < -0.3 is 25.2 Å². The summed E-state index contributed by atoms with van der Waals surface area (Å²) in [5.74, 6) is -1.35. The lowest BCUT2D eigenvalue weighted by Crippen LogP contribution is -2.51. The van der Waals surface area contributed by atoms with E-state index in [1.807, 2.05) is 0 Å². The van der Waals surface area contributed by atoms with Crippen molar-refractivity contribution in [1.82, 2.24) is 10.6 Å².